The second kappa shape index (κ2) is 7.77. The zero-order valence-corrected chi connectivity index (χ0v) is 15.0. The van der Waals surface area contributed by atoms with Crippen LogP contribution in [0.2, 0.25) is 0 Å². The van der Waals surface area contributed by atoms with Crippen LogP contribution in [-0.4, -0.2) is 22.8 Å². The first kappa shape index (κ1) is 17.6. The maximum atomic E-state index is 13.6. The Morgan fingerprint density at radius 1 is 1.44 bits per heavy atom. The summed E-state index contributed by atoms with van der Waals surface area (Å²) in [6.45, 7) is 4.76. The first-order valence-electron chi connectivity index (χ1n) is 8.33. The highest BCUT2D eigenvalue weighted by Gasteiger charge is 2.22. The van der Waals surface area contributed by atoms with E-state index in [1.54, 1.807) is 6.07 Å². The Labute approximate surface area is 149 Å². The predicted octanol–water partition coefficient (Wildman–Crippen LogP) is 3.91. The molecule has 2 heterocycles. The molecule has 6 nitrogen and oxygen atoms in total. The predicted molar refractivity (Wildman–Crippen MR) is 94.5 cm³/mol. The van der Waals surface area contributed by atoms with Crippen LogP contribution in [0.5, 0.6) is 5.75 Å². The van der Waals surface area contributed by atoms with Crippen LogP contribution in [-0.2, 0) is 6.42 Å². The van der Waals surface area contributed by atoms with E-state index in [2.05, 4.69) is 34.7 Å². The molecule has 1 atom stereocenters. The van der Waals surface area contributed by atoms with E-state index < -0.39 is 0 Å². The number of aromatic nitrogens is 2. The minimum absolute atomic E-state index is 0.309. The number of amides is 2. The third-order valence-corrected chi connectivity index (χ3v) is 4.68. The number of nitrogens with zero attached hydrogens (tertiary/aromatic N) is 2. The molecule has 1 aromatic heterocycles. The van der Waals surface area contributed by atoms with Gasteiger partial charge in [-0.2, -0.15) is 0 Å². The van der Waals surface area contributed by atoms with Crippen molar-refractivity contribution >= 4 is 22.5 Å². The summed E-state index contributed by atoms with van der Waals surface area (Å²) >= 11 is 1.36. The number of hydrogen-bond donors (Lipinski definition) is 2. The molecule has 0 fully saturated rings. The van der Waals surface area contributed by atoms with E-state index in [-0.39, 0.29) is 17.9 Å². The van der Waals surface area contributed by atoms with Crippen molar-refractivity contribution in [2.75, 3.05) is 11.9 Å². The Hall–Kier alpha value is -2.22. The maximum Gasteiger partial charge on any atom is 0.321 e. The lowest BCUT2D eigenvalue weighted by Crippen LogP contribution is -2.32. The van der Waals surface area contributed by atoms with Crippen molar-refractivity contribution in [3.8, 4) is 5.75 Å². The molecule has 1 aromatic carbocycles. The summed E-state index contributed by atoms with van der Waals surface area (Å²) in [6.07, 6.45) is 2.28. The number of anilines is 1. The zero-order chi connectivity index (χ0) is 17.8. The van der Waals surface area contributed by atoms with E-state index in [1.807, 2.05) is 0 Å². The highest BCUT2D eigenvalue weighted by Crippen LogP contribution is 2.32. The summed E-state index contributed by atoms with van der Waals surface area (Å²) in [5.41, 5.74) is 0.658. The number of carbonyl (C=O) groups excluding carboxylic acids is 1. The Balaban J connectivity index is 1.66. The topological polar surface area (TPSA) is 76.1 Å². The van der Waals surface area contributed by atoms with Crippen molar-refractivity contribution in [3.63, 3.8) is 0 Å². The molecule has 0 unspecified atom stereocenters. The third-order valence-electron chi connectivity index (χ3n) is 3.82. The summed E-state index contributed by atoms with van der Waals surface area (Å²) in [5, 5.41) is 15.0. The number of rotatable bonds is 4. The first-order valence-corrected chi connectivity index (χ1v) is 9.15. The second-order valence-electron chi connectivity index (χ2n) is 6.42. The van der Waals surface area contributed by atoms with Crippen molar-refractivity contribution in [2.24, 2.45) is 5.92 Å². The molecule has 2 amide bonds. The molecule has 0 saturated heterocycles. The molecule has 25 heavy (non-hydrogen) atoms. The number of halogens is 1. The minimum Gasteiger partial charge on any atom is -0.493 e. The summed E-state index contributed by atoms with van der Waals surface area (Å²) in [6, 6.07) is 3.69. The molecule has 0 bridgehead atoms. The van der Waals surface area contributed by atoms with Crippen molar-refractivity contribution in [1.29, 1.82) is 0 Å². The van der Waals surface area contributed by atoms with Crippen LogP contribution >= 0.6 is 11.3 Å². The number of fused-ring (bicyclic) bond motifs is 1. The van der Waals surface area contributed by atoms with E-state index in [0.29, 0.717) is 35.4 Å². The van der Waals surface area contributed by atoms with Gasteiger partial charge in [0, 0.05) is 12.0 Å². The average Bonchev–Trinajstić information content (AvgIpc) is 2.87. The maximum absolute atomic E-state index is 13.6. The molecule has 8 heteroatoms. The minimum atomic E-state index is -0.380. The van der Waals surface area contributed by atoms with E-state index >= 15 is 0 Å². The average molecular weight is 364 g/mol. The number of benzene rings is 1. The Morgan fingerprint density at radius 2 is 2.28 bits per heavy atom. The second-order valence-corrected chi connectivity index (χ2v) is 7.48. The molecule has 0 saturated carbocycles. The van der Waals surface area contributed by atoms with Gasteiger partial charge in [0.15, 0.2) is 0 Å². The summed E-state index contributed by atoms with van der Waals surface area (Å²) in [7, 11) is 0. The molecular formula is C17H21FN4O2S. The van der Waals surface area contributed by atoms with E-state index in [9.17, 15) is 9.18 Å². The van der Waals surface area contributed by atoms with Crippen LogP contribution in [0.25, 0.3) is 0 Å². The van der Waals surface area contributed by atoms with E-state index in [1.165, 1.54) is 23.5 Å². The van der Waals surface area contributed by atoms with Crippen LogP contribution in [0.3, 0.4) is 0 Å². The summed E-state index contributed by atoms with van der Waals surface area (Å²) < 4.78 is 19.2. The van der Waals surface area contributed by atoms with Gasteiger partial charge in [0.05, 0.1) is 12.6 Å². The Bertz CT molecular complexity index is 750. The first-order chi connectivity index (χ1) is 12.0. The number of carbonyl (C=O) groups is 1. The third kappa shape index (κ3) is 4.66. The molecule has 1 aliphatic heterocycles. The standard InChI is InChI=1S/C17H21FN4O2S/c1-10(2)8-15-21-22-17(25-15)20-16(23)19-13-4-3-7-24-14-6-5-11(18)9-12(13)14/h5-6,9-10,13H,3-4,7-8H2,1-2H3,(H2,19,20,22,23)/t13-/m0/s1. The van der Waals surface area contributed by atoms with Crippen LogP contribution in [0.4, 0.5) is 14.3 Å². The van der Waals surface area contributed by atoms with Gasteiger partial charge in [-0.15, -0.1) is 10.2 Å². The van der Waals surface area contributed by atoms with Gasteiger partial charge in [-0.3, -0.25) is 5.32 Å². The largest absolute Gasteiger partial charge is 0.493 e. The fourth-order valence-electron chi connectivity index (χ4n) is 2.73. The van der Waals surface area contributed by atoms with Gasteiger partial charge in [0.2, 0.25) is 5.13 Å². The molecular weight excluding hydrogens is 343 g/mol. The van der Waals surface area contributed by atoms with Crippen molar-refractivity contribution < 1.29 is 13.9 Å². The van der Waals surface area contributed by atoms with Gasteiger partial charge in [-0.05, 0) is 37.0 Å². The Morgan fingerprint density at radius 3 is 3.08 bits per heavy atom. The van der Waals surface area contributed by atoms with Gasteiger partial charge >= 0.3 is 6.03 Å². The molecule has 2 N–H and O–H groups in total. The quantitative estimate of drug-likeness (QED) is 0.862. The smallest absolute Gasteiger partial charge is 0.321 e. The van der Waals surface area contributed by atoms with Gasteiger partial charge < -0.3 is 10.1 Å². The van der Waals surface area contributed by atoms with Gasteiger partial charge in [-0.1, -0.05) is 25.2 Å². The van der Waals surface area contributed by atoms with Gasteiger partial charge in [-0.25, -0.2) is 9.18 Å². The summed E-state index contributed by atoms with van der Waals surface area (Å²) in [5.74, 6) is 0.741. The number of nitrogens with one attached hydrogen (secondary N) is 2. The Kier molecular flexibility index (Phi) is 5.47. The molecule has 0 radical (unpaired) electrons. The lowest BCUT2D eigenvalue weighted by Gasteiger charge is -2.18. The number of urea groups is 1. The van der Waals surface area contributed by atoms with E-state index in [4.69, 9.17) is 4.74 Å². The fraction of sp³-hybridized carbons (Fsp3) is 0.471. The van der Waals surface area contributed by atoms with Crippen LogP contribution in [0, 0.1) is 11.7 Å². The fourth-order valence-corrected chi connectivity index (χ4v) is 3.67. The van der Waals surface area contributed by atoms with Crippen molar-refractivity contribution in [2.45, 2.75) is 39.2 Å². The van der Waals surface area contributed by atoms with Crippen molar-refractivity contribution in [1.82, 2.24) is 15.5 Å². The normalized spacial score (nSPS) is 16.7. The molecule has 1 aliphatic rings. The SMILES string of the molecule is CC(C)Cc1nnc(NC(=O)N[C@H]2CCCOc3ccc(F)cc32)s1. The number of ether oxygens (including phenoxy) is 1. The molecule has 0 spiro atoms. The lowest BCUT2D eigenvalue weighted by atomic mass is 10.0. The van der Waals surface area contributed by atoms with Crippen LogP contribution in [0.1, 0.15) is 43.3 Å². The van der Waals surface area contributed by atoms with Crippen molar-refractivity contribution in [3.05, 3.63) is 34.6 Å². The lowest BCUT2D eigenvalue weighted by molar-refractivity contribution is 0.247. The molecule has 3 rings (SSSR count). The van der Waals surface area contributed by atoms with Crippen LogP contribution < -0.4 is 15.4 Å². The molecule has 2 aromatic rings. The summed E-state index contributed by atoms with van der Waals surface area (Å²) in [4.78, 5) is 12.3. The monoisotopic (exact) mass is 364 g/mol. The number of hydrogen-bond acceptors (Lipinski definition) is 5. The van der Waals surface area contributed by atoms with E-state index in [0.717, 1.165) is 17.8 Å². The molecule has 134 valence electrons. The zero-order valence-electron chi connectivity index (χ0n) is 14.2. The highest BCUT2D eigenvalue weighted by molar-refractivity contribution is 7.15. The van der Waals surface area contributed by atoms with Gasteiger partial charge in [0.25, 0.3) is 0 Å². The van der Waals surface area contributed by atoms with Gasteiger partial charge in [0.1, 0.15) is 16.6 Å². The molecule has 0 aliphatic carbocycles. The highest BCUT2D eigenvalue weighted by atomic mass is 32.1. The van der Waals surface area contributed by atoms with Crippen LogP contribution in [0.15, 0.2) is 18.2 Å².